The normalized spacial score (nSPS) is 19.3. The fraction of sp³-hybridized carbons (Fsp3) is 0.348. The molecule has 2 aromatic rings. The Morgan fingerprint density at radius 3 is 2.59 bits per heavy atom. The summed E-state index contributed by atoms with van der Waals surface area (Å²) in [5.41, 5.74) is 1.08. The number of fused-ring (bicyclic) bond motifs is 1. The first-order valence-electron chi connectivity index (χ1n) is 10.7. The van der Waals surface area contributed by atoms with E-state index >= 15 is 0 Å². The standard InChI is InChI=1S/C23H27FN2O6S2/c1-4-5-9-17-14-26(16-10-7-6-8-11-16)19-12-21(33(3)29)20(32-15-18(24)23(27)28)13-22(19)34(30,31)25(17)2/h6-8,10-13,15,17H,4-5,9,14H2,1-3H3,(H,27,28)/b18-15-. The van der Waals surface area contributed by atoms with Crippen molar-refractivity contribution in [3.8, 4) is 5.75 Å². The molecule has 1 aliphatic rings. The molecule has 0 amide bonds. The van der Waals surface area contributed by atoms with Crippen LogP contribution >= 0.6 is 0 Å². The van der Waals surface area contributed by atoms with Gasteiger partial charge in [-0.15, -0.1) is 0 Å². The first-order valence-corrected chi connectivity index (χ1v) is 13.7. The molecular weight excluding hydrogens is 483 g/mol. The monoisotopic (exact) mass is 510 g/mol. The number of anilines is 2. The predicted octanol–water partition coefficient (Wildman–Crippen LogP) is 4.03. The number of nitrogens with zero attached hydrogens (tertiary/aromatic N) is 2. The fourth-order valence-electron chi connectivity index (χ4n) is 3.77. The lowest BCUT2D eigenvalue weighted by molar-refractivity contribution is -0.134. The topological polar surface area (TPSA) is 110 Å². The van der Waals surface area contributed by atoms with Gasteiger partial charge in [-0.05, 0) is 29.7 Å². The van der Waals surface area contributed by atoms with Crippen LogP contribution in [0, 0.1) is 0 Å². The Balaban J connectivity index is 2.25. The second-order valence-electron chi connectivity index (χ2n) is 7.87. The third-order valence-corrected chi connectivity index (χ3v) is 8.52. The van der Waals surface area contributed by atoms with Crippen LogP contribution in [0.1, 0.15) is 26.2 Å². The quantitative estimate of drug-likeness (QED) is 0.324. The molecule has 0 saturated heterocycles. The van der Waals surface area contributed by atoms with Gasteiger partial charge in [0.05, 0.1) is 5.69 Å². The van der Waals surface area contributed by atoms with E-state index in [1.54, 1.807) is 0 Å². The number of ether oxygens (including phenoxy) is 1. The number of aliphatic carboxylic acids is 1. The van der Waals surface area contributed by atoms with Gasteiger partial charge in [-0.3, -0.25) is 0 Å². The smallest absolute Gasteiger partial charge is 0.368 e. The van der Waals surface area contributed by atoms with Crippen molar-refractivity contribution in [2.45, 2.75) is 42.0 Å². The molecule has 1 aliphatic heterocycles. The molecular formula is C23H27FN2O6S2. The van der Waals surface area contributed by atoms with Crippen molar-refractivity contribution >= 4 is 38.5 Å². The average Bonchev–Trinajstić information content (AvgIpc) is 2.89. The van der Waals surface area contributed by atoms with Gasteiger partial charge in [0, 0.05) is 37.5 Å². The summed E-state index contributed by atoms with van der Waals surface area (Å²) >= 11 is -1.65. The zero-order valence-corrected chi connectivity index (χ0v) is 20.7. The molecule has 0 aromatic heterocycles. The van der Waals surface area contributed by atoms with E-state index in [0.717, 1.165) is 18.5 Å². The van der Waals surface area contributed by atoms with E-state index in [9.17, 15) is 22.2 Å². The summed E-state index contributed by atoms with van der Waals surface area (Å²) in [6, 6.07) is 11.6. The Labute approximate surface area is 201 Å². The fourth-order valence-corrected chi connectivity index (χ4v) is 6.00. The van der Waals surface area contributed by atoms with E-state index < -0.39 is 33.0 Å². The minimum absolute atomic E-state index is 0.105. The van der Waals surface area contributed by atoms with Crippen molar-refractivity contribution in [3.63, 3.8) is 0 Å². The van der Waals surface area contributed by atoms with E-state index in [1.807, 2.05) is 42.2 Å². The number of sulfonamides is 1. The number of halogens is 1. The molecule has 2 atom stereocenters. The summed E-state index contributed by atoms with van der Waals surface area (Å²) in [5, 5.41) is 8.75. The van der Waals surface area contributed by atoms with Gasteiger partial charge < -0.3 is 19.3 Å². The summed E-state index contributed by atoms with van der Waals surface area (Å²) in [6.07, 6.45) is 4.11. The SMILES string of the molecule is CCCCC1CN(c2ccccc2)c2cc([S+](C)[O-])c(O/C=C(\F)C(=O)O)cc2S(=O)(=O)N1C. The van der Waals surface area contributed by atoms with Crippen LogP contribution in [0.3, 0.4) is 0 Å². The second kappa shape index (κ2) is 10.8. The molecule has 3 rings (SSSR count). The van der Waals surface area contributed by atoms with Crippen molar-refractivity contribution in [2.24, 2.45) is 0 Å². The molecule has 1 N–H and O–H groups in total. The number of benzene rings is 2. The molecule has 0 fully saturated rings. The van der Waals surface area contributed by atoms with Crippen LogP contribution in [0.2, 0.25) is 0 Å². The summed E-state index contributed by atoms with van der Waals surface area (Å²) in [6.45, 7) is 2.40. The van der Waals surface area contributed by atoms with Gasteiger partial charge in [-0.1, -0.05) is 38.0 Å². The van der Waals surface area contributed by atoms with Crippen molar-refractivity contribution in [1.29, 1.82) is 0 Å². The highest BCUT2D eigenvalue weighted by molar-refractivity contribution is 7.91. The summed E-state index contributed by atoms with van der Waals surface area (Å²) in [7, 11) is -2.50. The highest BCUT2D eigenvalue weighted by Gasteiger charge is 2.38. The van der Waals surface area contributed by atoms with Crippen molar-refractivity contribution < 1.29 is 32.0 Å². The van der Waals surface area contributed by atoms with E-state index in [-0.39, 0.29) is 21.6 Å². The Morgan fingerprint density at radius 1 is 1.32 bits per heavy atom. The van der Waals surface area contributed by atoms with Crippen molar-refractivity contribution in [2.75, 3.05) is 24.7 Å². The maximum Gasteiger partial charge on any atom is 0.368 e. The van der Waals surface area contributed by atoms with Gasteiger partial charge in [0.2, 0.25) is 15.9 Å². The average molecular weight is 511 g/mol. The lowest BCUT2D eigenvalue weighted by atomic mass is 10.1. The number of unbranched alkanes of at least 4 members (excludes halogenated alkanes) is 1. The van der Waals surface area contributed by atoms with E-state index in [1.165, 1.54) is 29.7 Å². The van der Waals surface area contributed by atoms with Crippen LogP contribution in [-0.4, -0.2) is 54.2 Å². The zero-order valence-electron chi connectivity index (χ0n) is 19.1. The van der Waals surface area contributed by atoms with Gasteiger partial charge in [0.25, 0.3) is 0 Å². The van der Waals surface area contributed by atoms with Gasteiger partial charge in [0.1, 0.15) is 17.4 Å². The van der Waals surface area contributed by atoms with Crippen LogP contribution in [0.15, 0.2) is 64.3 Å². The minimum Gasteiger partial charge on any atom is -0.612 e. The van der Waals surface area contributed by atoms with Gasteiger partial charge >= 0.3 is 5.97 Å². The number of hydrogen-bond donors (Lipinski definition) is 1. The van der Waals surface area contributed by atoms with Crippen LogP contribution < -0.4 is 9.64 Å². The van der Waals surface area contributed by atoms with Crippen LogP contribution in [-0.2, 0) is 26.0 Å². The van der Waals surface area contributed by atoms with Crippen molar-refractivity contribution in [3.05, 3.63) is 54.6 Å². The lowest BCUT2D eigenvalue weighted by Gasteiger charge is -2.29. The molecule has 8 nitrogen and oxygen atoms in total. The van der Waals surface area contributed by atoms with Crippen LogP contribution in [0.4, 0.5) is 15.8 Å². The number of rotatable bonds is 8. The number of carboxylic acid groups (broad SMARTS) is 1. The molecule has 34 heavy (non-hydrogen) atoms. The zero-order chi connectivity index (χ0) is 25.0. The number of carboxylic acids is 1. The van der Waals surface area contributed by atoms with E-state index in [4.69, 9.17) is 9.84 Å². The summed E-state index contributed by atoms with van der Waals surface area (Å²) in [5.74, 6) is -3.61. The lowest BCUT2D eigenvalue weighted by Crippen LogP contribution is -2.40. The largest absolute Gasteiger partial charge is 0.612 e. The number of carbonyl (C=O) groups is 1. The molecule has 11 heteroatoms. The molecule has 2 unspecified atom stereocenters. The molecule has 0 saturated carbocycles. The molecule has 0 bridgehead atoms. The molecule has 0 spiro atoms. The van der Waals surface area contributed by atoms with Crippen LogP contribution in [0.25, 0.3) is 0 Å². The third-order valence-electron chi connectivity index (χ3n) is 5.64. The Kier molecular flexibility index (Phi) is 8.24. The number of likely N-dealkylation sites (N-methyl/N-ethyl adjacent to an activating group) is 1. The minimum atomic E-state index is -4.02. The summed E-state index contributed by atoms with van der Waals surface area (Å²) in [4.78, 5) is 12.7. The maximum atomic E-state index is 13.6. The van der Waals surface area contributed by atoms with E-state index in [0.29, 0.717) is 24.9 Å². The first-order chi connectivity index (χ1) is 16.1. The molecule has 1 heterocycles. The Morgan fingerprint density at radius 2 is 2.00 bits per heavy atom. The Bertz CT molecular complexity index is 1170. The maximum absolute atomic E-state index is 13.6. The molecule has 0 radical (unpaired) electrons. The third kappa shape index (κ3) is 5.38. The van der Waals surface area contributed by atoms with E-state index in [2.05, 4.69) is 0 Å². The van der Waals surface area contributed by atoms with Gasteiger partial charge in [-0.2, -0.15) is 8.70 Å². The van der Waals surface area contributed by atoms with Gasteiger partial charge in [-0.25, -0.2) is 13.2 Å². The second-order valence-corrected chi connectivity index (χ2v) is 11.2. The molecule has 2 aromatic carbocycles. The van der Waals surface area contributed by atoms with Crippen LogP contribution in [0.5, 0.6) is 5.75 Å². The first kappa shape index (κ1) is 26.0. The summed E-state index contributed by atoms with van der Waals surface area (Å²) < 4.78 is 59.8. The predicted molar refractivity (Wildman–Crippen MR) is 128 cm³/mol. The molecule has 184 valence electrons. The highest BCUT2D eigenvalue weighted by Crippen LogP contribution is 2.42. The number of para-hydroxylation sites is 1. The number of hydrogen-bond acceptors (Lipinski definition) is 6. The highest BCUT2D eigenvalue weighted by atomic mass is 32.2. The molecule has 0 aliphatic carbocycles. The Hall–Kier alpha value is -2.60. The van der Waals surface area contributed by atoms with Gasteiger partial charge in [0.15, 0.2) is 10.6 Å². The van der Waals surface area contributed by atoms with Crippen molar-refractivity contribution in [1.82, 2.24) is 4.31 Å².